The Labute approximate surface area is 163 Å². The molecule has 0 unspecified atom stereocenters. The first-order valence-corrected chi connectivity index (χ1v) is 8.06. The predicted octanol–water partition coefficient (Wildman–Crippen LogP) is -0.962. The molecule has 0 aliphatic rings. The molecule has 0 saturated carbocycles. The average molecular weight is 343 g/mol. The summed E-state index contributed by atoms with van der Waals surface area (Å²) in [6.45, 7) is 1.91. The number of ether oxygens (including phenoxy) is 1. The van der Waals surface area contributed by atoms with E-state index in [9.17, 15) is 14.7 Å². The van der Waals surface area contributed by atoms with Crippen LogP contribution in [0.2, 0.25) is 0 Å². The van der Waals surface area contributed by atoms with E-state index in [1.165, 1.54) is 7.11 Å². The summed E-state index contributed by atoms with van der Waals surface area (Å²) in [5.74, 6) is -2.17. The van der Waals surface area contributed by atoms with Crippen molar-refractivity contribution in [2.45, 2.75) is 19.8 Å². The van der Waals surface area contributed by atoms with Gasteiger partial charge in [-0.2, -0.15) is 0 Å². The van der Waals surface area contributed by atoms with Gasteiger partial charge in [-0.05, 0) is 41.7 Å². The van der Waals surface area contributed by atoms with Gasteiger partial charge in [0.05, 0.1) is 19.0 Å². The average Bonchev–Trinajstić information content (AvgIpc) is 2.94. The van der Waals surface area contributed by atoms with Gasteiger partial charge in [0, 0.05) is 5.52 Å². The van der Waals surface area contributed by atoms with Crippen molar-refractivity contribution >= 4 is 17.3 Å². The van der Waals surface area contributed by atoms with Crippen LogP contribution in [0.25, 0.3) is 5.52 Å². The Morgan fingerprint density at radius 2 is 1.77 bits per heavy atom. The molecule has 0 saturated heterocycles. The Hall–Kier alpha value is -2.48. The summed E-state index contributed by atoms with van der Waals surface area (Å²) < 4.78 is 6.83. The largest absolute Gasteiger partial charge is 1.00 e. The Balaban J connectivity index is 0.00000243. The first kappa shape index (κ1) is 19.8. The van der Waals surface area contributed by atoms with Crippen molar-refractivity contribution in [3.05, 3.63) is 71.0 Å². The van der Waals surface area contributed by atoms with E-state index in [-0.39, 0.29) is 24.6 Å². The van der Waals surface area contributed by atoms with Crippen LogP contribution in [-0.2, 0) is 17.6 Å². The van der Waals surface area contributed by atoms with Crippen LogP contribution in [0, 0.1) is 0 Å². The van der Waals surface area contributed by atoms with Crippen molar-refractivity contribution in [2.24, 2.45) is 0 Å². The number of carboxylic acids is 1. The topological polar surface area (TPSA) is 70.8 Å². The number of pyridine rings is 1. The minimum atomic E-state index is -1.71. The van der Waals surface area contributed by atoms with Gasteiger partial charge in [0.1, 0.15) is 11.7 Å². The number of hydrogen-bond donors (Lipinski definition) is 0. The zero-order chi connectivity index (χ0) is 18.0. The number of rotatable bonds is 6. The van der Waals surface area contributed by atoms with Crippen LogP contribution in [-0.4, -0.2) is 23.3 Å². The van der Waals surface area contributed by atoms with Gasteiger partial charge in [-0.1, -0.05) is 37.3 Å². The van der Waals surface area contributed by atoms with Crippen molar-refractivity contribution in [1.82, 2.24) is 4.40 Å². The second-order valence-electron chi connectivity index (χ2n) is 5.76. The normalized spacial score (nSPS) is 10.4. The molecule has 1 aromatic carbocycles. The predicted molar refractivity (Wildman–Crippen MR) is 91.9 cm³/mol. The number of benzene rings is 1. The SMILES string of the molecule is CCc1c(Cc2ccccc2)c2ccc(OC)cn2c1C(=O)C(=O)[O-].[Li+]. The number of methoxy groups -OCH3 is 1. The Morgan fingerprint density at radius 1 is 1.08 bits per heavy atom. The molecule has 0 spiro atoms. The fourth-order valence-electron chi connectivity index (χ4n) is 3.20. The second-order valence-corrected chi connectivity index (χ2v) is 5.76. The minimum absolute atomic E-state index is 0. The number of ketones is 1. The Morgan fingerprint density at radius 3 is 2.35 bits per heavy atom. The van der Waals surface area contributed by atoms with Crippen molar-refractivity contribution < 1.29 is 38.3 Å². The van der Waals surface area contributed by atoms with E-state index in [0.29, 0.717) is 18.6 Å². The molecule has 0 fully saturated rings. The van der Waals surface area contributed by atoms with Crippen LogP contribution in [0.5, 0.6) is 5.75 Å². The molecule has 3 aromatic rings. The maximum absolute atomic E-state index is 12.3. The van der Waals surface area contributed by atoms with E-state index in [0.717, 1.165) is 22.2 Å². The molecule has 0 bridgehead atoms. The van der Waals surface area contributed by atoms with E-state index in [1.807, 2.05) is 43.3 Å². The van der Waals surface area contributed by atoms with Gasteiger partial charge in [-0.15, -0.1) is 0 Å². The molecule has 0 N–H and O–H groups in total. The van der Waals surface area contributed by atoms with Crippen LogP contribution >= 0.6 is 0 Å². The first-order valence-electron chi connectivity index (χ1n) is 8.06. The number of hydrogen-bond acceptors (Lipinski definition) is 4. The molecule has 2 heterocycles. The van der Waals surface area contributed by atoms with E-state index in [2.05, 4.69) is 0 Å². The van der Waals surface area contributed by atoms with Gasteiger partial charge in [-0.25, -0.2) is 0 Å². The summed E-state index contributed by atoms with van der Waals surface area (Å²) in [6.07, 6.45) is 2.79. The maximum atomic E-state index is 12.3. The molecule has 0 atom stereocenters. The van der Waals surface area contributed by atoms with Gasteiger partial charge in [0.2, 0.25) is 5.78 Å². The third kappa shape index (κ3) is 3.55. The Bertz CT molecular complexity index is 947. The number of carboxylic acid groups (broad SMARTS) is 1. The van der Waals surface area contributed by atoms with Crippen LogP contribution in [0.4, 0.5) is 0 Å². The molecule has 0 radical (unpaired) electrons. The number of nitrogens with zero attached hydrogens (tertiary/aromatic N) is 1. The van der Waals surface area contributed by atoms with Crippen LogP contribution < -0.4 is 28.7 Å². The van der Waals surface area contributed by atoms with Crippen LogP contribution in [0.3, 0.4) is 0 Å². The monoisotopic (exact) mass is 343 g/mol. The molecular formula is C20H18LiNO4. The number of carbonyl (C=O) groups excluding carboxylic acids is 2. The molecule has 0 aliphatic heterocycles. The van der Waals surface area contributed by atoms with Crippen molar-refractivity contribution in [3.63, 3.8) is 0 Å². The number of fused-ring (bicyclic) bond motifs is 1. The molecule has 2 aromatic heterocycles. The van der Waals surface area contributed by atoms with Crippen LogP contribution in [0.1, 0.15) is 34.1 Å². The number of aliphatic carboxylic acids is 1. The summed E-state index contributed by atoms with van der Waals surface area (Å²) in [4.78, 5) is 23.5. The second kappa shape index (κ2) is 8.26. The zero-order valence-electron chi connectivity index (χ0n) is 15.1. The summed E-state index contributed by atoms with van der Waals surface area (Å²) in [5.41, 5.74) is 3.70. The van der Waals surface area contributed by atoms with Gasteiger partial charge < -0.3 is 19.0 Å². The zero-order valence-corrected chi connectivity index (χ0v) is 15.1. The van der Waals surface area contributed by atoms with Gasteiger partial charge in [0.25, 0.3) is 0 Å². The smallest absolute Gasteiger partial charge is 0.541 e. The maximum Gasteiger partial charge on any atom is 1.00 e. The minimum Gasteiger partial charge on any atom is -0.541 e. The summed E-state index contributed by atoms with van der Waals surface area (Å²) in [5, 5.41) is 11.2. The molecule has 26 heavy (non-hydrogen) atoms. The van der Waals surface area contributed by atoms with Gasteiger partial charge in [-0.3, -0.25) is 4.79 Å². The van der Waals surface area contributed by atoms with Gasteiger partial charge >= 0.3 is 18.9 Å². The van der Waals surface area contributed by atoms with Crippen molar-refractivity contribution in [2.75, 3.05) is 7.11 Å². The number of Topliss-reactive ketones (excluding diaryl/α,β-unsaturated/α-hetero) is 1. The summed E-state index contributed by atoms with van der Waals surface area (Å²) in [7, 11) is 1.52. The standard InChI is InChI=1S/C20H19NO4.Li/c1-3-15-16(11-13-7-5-4-6-8-13)17-10-9-14(25-2)12-21(17)18(15)19(22)20(23)24;/h4-10,12H,3,11H2,1-2H3,(H,23,24);/q;+1/p-1. The number of aromatic nitrogens is 1. The molecular weight excluding hydrogens is 325 g/mol. The third-order valence-corrected chi connectivity index (χ3v) is 4.34. The molecule has 5 nitrogen and oxygen atoms in total. The summed E-state index contributed by atoms with van der Waals surface area (Å²) in [6, 6.07) is 13.5. The van der Waals surface area contributed by atoms with Crippen molar-refractivity contribution in [1.29, 1.82) is 0 Å². The third-order valence-electron chi connectivity index (χ3n) is 4.34. The fraction of sp³-hybridized carbons (Fsp3) is 0.200. The van der Waals surface area contributed by atoms with Crippen LogP contribution in [0.15, 0.2) is 48.7 Å². The molecule has 0 aliphatic carbocycles. The summed E-state index contributed by atoms with van der Waals surface area (Å²) >= 11 is 0. The van der Waals surface area contributed by atoms with E-state index in [4.69, 9.17) is 4.74 Å². The van der Waals surface area contributed by atoms with E-state index >= 15 is 0 Å². The number of carbonyl (C=O) groups is 2. The molecule has 6 heteroatoms. The molecule has 3 rings (SSSR count). The molecule has 0 amide bonds. The fourth-order valence-corrected chi connectivity index (χ4v) is 3.20. The van der Waals surface area contributed by atoms with E-state index < -0.39 is 11.8 Å². The quantitative estimate of drug-likeness (QED) is 0.328. The Kier molecular flexibility index (Phi) is 6.31. The molecule has 128 valence electrons. The first-order chi connectivity index (χ1) is 12.1. The van der Waals surface area contributed by atoms with Crippen molar-refractivity contribution in [3.8, 4) is 5.75 Å². The van der Waals surface area contributed by atoms with E-state index in [1.54, 1.807) is 16.7 Å². The van der Waals surface area contributed by atoms with Gasteiger partial charge in [0.15, 0.2) is 0 Å².